The summed E-state index contributed by atoms with van der Waals surface area (Å²) in [5.74, 6) is -0.402. The standard InChI is InChI=1S/C16H19FN2O/c1-19-14-4-5-15(19)9-16(20,8-14)7-11-2-3-13(17)6-12(11)10-18/h2-3,6,14-15,20H,4-5,7-9H2,1H3. The summed E-state index contributed by atoms with van der Waals surface area (Å²) in [5.41, 5.74) is 0.326. The van der Waals surface area contributed by atoms with Gasteiger partial charge in [0.25, 0.3) is 0 Å². The average molecular weight is 274 g/mol. The fraction of sp³-hybridized carbons (Fsp3) is 0.562. The van der Waals surface area contributed by atoms with Crippen LogP contribution in [0.25, 0.3) is 0 Å². The monoisotopic (exact) mass is 274 g/mol. The van der Waals surface area contributed by atoms with Crippen LogP contribution in [0.2, 0.25) is 0 Å². The van der Waals surface area contributed by atoms with Crippen molar-refractivity contribution >= 4 is 0 Å². The highest BCUT2D eigenvalue weighted by Gasteiger charge is 2.45. The SMILES string of the molecule is CN1C2CCC1CC(O)(Cc1ccc(F)cc1C#N)C2. The van der Waals surface area contributed by atoms with Gasteiger partial charge in [0.05, 0.1) is 17.2 Å². The van der Waals surface area contributed by atoms with Crippen molar-refractivity contribution < 1.29 is 9.50 Å². The maximum absolute atomic E-state index is 13.2. The molecule has 3 nitrogen and oxygen atoms in total. The molecule has 106 valence electrons. The lowest BCUT2D eigenvalue weighted by atomic mass is 9.81. The number of halogens is 1. The Morgan fingerprint density at radius 2 is 2.05 bits per heavy atom. The third-order valence-electron chi connectivity index (χ3n) is 4.93. The number of fused-ring (bicyclic) bond motifs is 2. The summed E-state index contributed by atoms with van der Waals surface area (Å²) in [5, 5.41) is 20.0. The molecule has 1 aromatic rings. The van der Waals surface area contributed by atoms with Crippen molar-refractivity contribution in [3.05, 3.63) is 35.1 Å². The Labute approximate surface area is 118 Å². The molecular weight excluding hydrogens is 255 g/mol. The number of aliphatic hydroxyl groups is 1. The maximum Gasteiger partial charge on any atom is 0.124 e. The minimum Gasteiger partial charge on any atom is -0.389 e. The normalized spacial score (nSPS) is 33.1. The molecule has 0 spiro atoms. The van der Waals surface area contributed by atoms with Crippen molar-refractivity contribution in [1.29, 1.82) is 5.26 Å². The van der Waals surface area contributed by atoms with E-state index in [4.69, 9.17) is 5.26 Å². The second-order valence-electron chi connectivity index (χ2n) is 6.27. The molecule has 2 aliphatic heterocycles. The van der Waals surface area contributed by atoms with Gasteiger partial charge in [0.2, 0.25) is 0 Å². The number of hydrogen-bond donors (Lipinski definition) is 1. The highest BCUT2D eigenvalue weighted by Crippen LogP contribution is 2.41. The summed E-state index contributed by atoms with van der Waals surface area (Å²) in [6, 6.07) is 7.15. The zero-order valence-corrected chi connectivity index (χ0v) is 11.6. The minimum atomic E-state index is -0.762. The Balaban J connectivity index is 1.83. The molecule has 0 radical (unpaired) electrons. The predicted molar refractivity (Wildman–Crippen MR) is 73.6 cm³/mol. The maximum atomic E-state index is 13.2. The van der Waals surface area contributed by atoms with Gasteiger partial charge in [-0.05, 0) is 50.4 Å². The largest absolute Gasteiger partial charge is 0.389 e. The van der Waals surface area contributed by atoms with E-state index in [1.165, 1.54) is 12.1 Å². The highest BCUT2D eigenvalue weighted by molar-refractivity contribution is 5.39. The van der Waals surface area contributed by atoms with E-state index >= 15 is 0 Å². The van der Waals surface area contributed by atoms with Crippen molar-refractivity contribution in [3.8, 4) is 6.07 Å². The fourth-order valence-electron chi connectivity index (χ4n) is 3.85. The molecule has 0 aliphatic carbocycles. The topological polar surface area (TPSA) is 47.3 Å². The lowest BCUT2D eigenvalue weighted by Crippen LogP contribution is -2.50. The molecule has 2 heterocycles. The van der Waals surface area contributed by atoms with Gasteiger partial charge >= 0.3 is 0 Å². The van der Waals surface area contributed by atoms with Gasteiger partial charge in [-0.25, -0.2) is 4.39 Å². The highest BCUT2D eigenvalue weighted by atomic mass is 19.1. The Morgan fingerprint density at radius 1 is 1.40 bits per heavy atom. The summed E-state index contributed by atoms with van der Waals surface area (Å²) < 4.78 is 13.2. The van der Waals surface area contributed by atoms with Gasteiger partial charge in [-0.15, -0.1) is 0 Å². The van der Waals surface area contributed by atoms with Gasteiger partial charge in [0.1, 0.15) is 5.82 Å². The minimum absolute atomic E-state index is 0.338. The third-order valence-corrected chi connectivity index (χ3v) is 4.93. The van der Waals surface area contributed by atoms with Crippen molar-refractivity contribution in [2.24, 2.45) is 0 Å². The van der Waals surface area contributed by atoms with E-state index in [0.717, 1.165) is 31.2 Å². The van der Waals surface area contributed by atoms with Gasteiger partial charge in [-0.3, -0.25) is 0 Å². The molecule has 0 amide bonds. The summed E-state index contributed by atoms with van der Waals surface area (Å²) >= 11 is 0. The van der Waals surface area contributed by atoms with E-state index < -0.39 is 11.4 Å². The molecule has 2 atom stereocenters. The molecule has 1 aromatic carbocycles. The van der Waals surface area contributed by atoms with Gasteiger partial charge in [-0.2, -0.15) is 5.26 Å². The average Bonchev–Trinajstić information content (AvgIpc) is 2.63. The van der Waals surface area contributed by atoms with Crippen LogP contribution in [-0.2, 0) is 6.42 Å². The molecule has 1 N–H and O–H groups in total. The molecule has 4 heteroatoms. The van der Waals surface area contributed by atoms with Crippen LogP contribution < -0.4 is 0 Å². The van der Waals surface area contributed by atoms with Crippen LogP contribution in [-0.4, -0.2) is 34.7 Å². The van der Waals surface area contributed by atoms with Gasteiger partial charge in [0.15, 0.2) is 0 Å². The second-order valence-corrected chi connectivity index (χ2v) is 6.27. The van der Waals surface area contributed by atoms with Gasteiger partial charge in [-0.1, -0.05) is 6.07 Å². The Morgan fingerprint density at radius 3 is 2.65 bits per heavy atom. The van der Waals surface area contributed by atoms with Gasteiger partial charge < -0.3 is 10.0 Å². The summed E-state index contributed by atoms with van der Waals surface area (Å²) in [6.45, 7) is 0. The van der Waals surface area contributed by atoms with E-state index in [9.17, 15) is 9.50 Å². The molecule has 2 bridgehead atoms. The van der Waals surface area contributed by atoms with Crippen LogP contribution in [0.15, 0.2) is 18.2 Å². The van der Waals surface area contributed by atoms with Gasteiger partial charge in [0, 0.05) is 18.5 Å². The van der Waals surface area contributed by atoms with Crippen LogP contribution in [0, 0.1) is 17.1 Å². The van der Waals surface area contributed by atoms with Crippen LogP contribution in [0.1, 0.15) is 36.8 Å². The molecule has 0 saturated carbocycles. The number of nitrogens with zero attached hydrogens (tertiary/aromatic N) is 2. The van der Waals surface area contributed by atoms with Crippen molar-refractivity contribution in [1.82, 2.24) is 4.90 Å². The van der Waals surface area contributed by atoms with Crippen molar-refractivity contribution in [2.75, 3.05) is 7.05 Å². The van der Waals surface area contributed by atoms with E-state index in [2.05, 4.69) is 11.9 Å². The Kier molecular flexibility index (Phi) is 3.27. The van der Waals surface area contributed by atoms with Crippen LogP contribution in [0.4, 0.5) is 4.39 Å². The molecule has 2 saturated heterocycles. The van der Waals surface area contributed by atoms with Crippen molar-refractivity contribution in [2.45, 2.75) is 49.8 Å². The van der Waals surface area contributed by atoms with Crippen LogP contribution in [0.3, 0.4) is 0 Å². The molecular formula is C16H19FN2O. The third kappa shape index (κ3) is 2.32. The van der Waals surface area contributed by atoms with E-state index in [-0.39, 0.29) is 0 Å². The molecule has 0 aromatic heterocycles. The van der Waals surface area contributed by atoms with E-state index in [0.29, 0.717) is 24.1 Å². The molecule has 2 aliphatic rings. The van der Waals surface area contributed by atoms with E-state index in [1.54, 1.807) is 6.07 Å². The zero-order chi connectivity index (χ0) is 14.3. The predicted octanol–water partition coefficient (Wildman–Crippen LogP) is 2.23. The first-order valence-electron chi connectivity index (χ1n) is 7.14. The van der Waals surface area contributed by atoms with Crippen LogP contribution >= 0.6 is 0 Å². The molecule has 2 unspecified atom stereocenters. The second kappa shape index (κ2) is 4.83. The summed E-state index contributed by atoms with van der Waals surface area (Å²) in [7, 11) is 2.13. The first-order chi connectivity index (χ1) is 9.50. The quantitative estimate of drug-likeness (QED) is 0.899. The van der Waals surface area contributed by atoms with E-state index in [1.807, 2.05) is 6.07 Å². The number of benzene rings is 1. The number of hydrogen-bond acceptors (Lipinski definition) is 3. The fourth-order valence-corrected chi connectivity index (χ4v) is 3.85. The summed E-state index contributed by atoms with van der Waals surface area (Å²) in [4.78, 5) is 2.37. The number of piperidine rings is 1. The molecule has 2 fully saturated rings. The lowest BCUT2D eigenvalue weighted by molar-refractivity contribution is -0.0437. The number of rotatable bonds is 2. The molecule has 20 heavy (non-hydrogen) atoms. The number of nitriles is 1. The molecule has 3 rings (SSSR count). The first kappa shape index (κ1) is 13.5. The van der Waals surface area contributed by atoms with Crippen molar-refractivity contribution in [3.63, 3.8) is 0 Å². The smallest absolute Gasteiger partial charge is 0.124 e. The Bertz CT molecular complexity index is 552. The first-order valence-corrected chi connectivity index (χ1v) is 7.14. The zero-order valence-electron chi connectivity index (χ0n) is 11.6. The lowest BCUT2D eigenvalue weighted by Gasteiger charge is -2.42. The Hall–Kier alpha value is -1.44. The summed E-state index contributed by atoms with van der Waals surface area (Å²) in [6.07, 6.45) is 4.19. The van der Waals surface area contributed by atoms with Crippen LogP contribution in [0.5, 0.6) is 0 Å².